The number of thioether (sulfide) groups is 1. The fraction of sp³-hybridized carbons (Fsp3) is 0.133. The minimum atomic E-state index is -0.392. The van der Waals surface area contributed by atoms with Crippen molar-refractivity contribution in [1.82, 2.24) is 10.2 Å². The number of rotatable bonds is 7. The predicted molar refractivity (Wildman–Crippen MR) is 91.7 cm³/mol. The van der Waals surface area contributed by atoms with Crippen LogP contribution < -0.4 is 10.6 Å². The second kappa shape index (κ2) is 7.93. The molecule has 0 spiro atoms. The summed E-state index contributed by atoms with van der Waals surface area (Å²) in [5.41, 5.74) is 0.429. The van der Waals surface area contributed by atoms with E-state index in [0.29, 0.717) is 21.7 Å². The van der Waals surface area contributed by atoms with Crippen molar-refractivity contribution >= 4 is 39.8 Å². The Hall–Kier alpha value is -2.39. The summed E-state index contributed by atoms with van der Waals surface area (Å²) >= 11 is 2.63. The van der Waals surface area contributed by atoms with Crippen LogP contribution in [0.25, 0.3) is 0 Å². The third kappa shape index (κ3) is 4.80. The zero-order chi connectivity index (χ0) is 16.8. The highest BCUT2D eigenvalue weighted by Gasteiger charge is 2.09. The molecular weight excluding hydrogens is 351 g/mol. The molecule has 0 aliphatic heterocycles. The molecule has 1 aromatic carbocycles. The van der Waals surface area contributed by atoms with Gasteiger partial charge >= 0.3 is 0 Å². The minimum absolute atomic E-state index is 0.170. The number of halogens is 1. The van der Waals surface area contributed by atoms with Crippen LogP contribution in [0.5, 0.6) is 0 Å². The zero-order valence-corrected chi connectivity index (χ0v) is 14.0. The first-order valence-electron chi connectivity index (χ1n) is 6.97. The first-order valence-corrected chi connectivity index (χ1v) is 8.77. The van der Waals surface area contributed by atoms with Crippen molar-refractivity contribution in [3.8, 4) is 0 Å². The normalized spacial score (nSPS) is 10.5. The largest absolute Gasteiger partial charge is 0.467 e. The minimum Gasteiger partial charge on any atom is -0.467 e. The van der Waals surface area contributed by atoms with Gasteiger partial charge in [-0.15, -0.1) is 10.2 Å². The topological polar surface area (TPSA) is 80.1 Å². The van der Waals surface area contributed by atoms with E-state index in [1.807, 2.05) is 12.1 Å². The number of carbonyl (C=O) groups is 1. The fourth-order valence-electron chi connectivity index (χ4n) is 1.81. The van der Waals surface area contributed by atoms with Crippen LogP contribution >= 0.6 is 23.1 Å². The van der Waals surface area contributed by atoms with Gasteiger partial charge < -0.3 is 15.1 Å². The van der Waals surface area contributed by atoms with Crippen molar-refractivity contribution < 1.29 is 13.6 Å². The zero-order valence-electron chi connectivity index (χ0n) is 12.4. The van der Waals surface area contributed by atoms with Gasteiger partial charge in [0, 0.05) is 5.69 Å². The SMILES string of the molecule is O=C(CSc1nnc(NCc2ccco2)s1)Nc1cccc(F)c1. The van der Waals surface area contributed by atoms with Crippen LogP contribution in [0.15, 0.2) is 51.4 Å². The Morgan fingerprint density at radius 3 is 3.00 bits per heavy atom. The van der Waals surface area contributed by atoms with Crippen molar-refractivity contribution in [2.24, 2.45) is 0 Å². The molecule has 0 bridgehead atoms. The number of aromatic nitrogens is 2. The molecule has 0 aliphatic carbocycles. The van der Waals surface area contributed by atoms with Gasteiger partial charge in [0.2, 0.25) is 11.0 Å². The molecule has 0 saturated heterocycles. The lowest BCUT2D eigenvalue weighted by Gasteiger charge is -2.03. The van der Waals surface area contributed by atoms with E-state index in [2.05, 4.69) is 20.8 Å². The molecule has 24 heavy (non-hydrogen) atoms. The van der Waals surface area contributed by atoms with Gasteiger partial charge in [0.05, 0.1) is 18.6 Å². The number of hydrogen-bond donors (Lipinski definition) is 2. The molecular formula is C15H13FN4O2S2. The molecule has 0 unspecified atom stereocenters. The van der Waals surface area contributed by atoms with Gasteiger partial charge in [0.25, 0.3) is 0 Å². The molecule has 2 heterocycles. The number of anilines is 2. The summed E-state index contributed by atoms with van der Waals surface area (Å²) in [6.45, 7) is 0.520. The molecule has 6 nitrogen and oxygen atoms in total. The van der Waals surface area contributed by atoms with E-state index < -0.39 is 5.82 Å². The number of carbonyl (C=O) groups excluding carboxylic acids is 1. The Morgan fingerprint density at radius 1 is 1.29 bits per heavy atom. The first kappa shape index (κ1) is 16.5. The van der Waals surface area contributed by atoms with Crippen molar-refractivity contribution in [1.29, 1.82) is 0 Å². The summed E-state index contributed by atoms with van der Waals surface area (Å²) in [7, 11) is 0. The maximum atomic E-state index is 13.1. The quantitative estimate of drug-likeness (QED) is 0.624. The van der Waals surface area contributed by atoms with Crippen molar-refractivity contribution in [3.05, 3.63) is 54.2 Å². The van der Waals surface area contributed by atoms with Gasteiger partial charge in [-0.3, -0.25) is 4.79 Å². The van der Waals surface area contributed by atoms with Crippen LogP contribution in [0.4, 0.5) is 15.2 Å². The van der Waals surface area contributed by atoms with Gasteiger partial charge in [-0.05, 0) is 30.3 Å². The Bertz CT molecular complexity index is 807. The monoisotopic (exact) mass is 364 g/mol. The second-order valence-corrected chi connectivity index (χ2v) is 6.85. The molecule has 0 aliphatic rings. The van der Waals surface area contributed by atoms with Crippen LogP contribution in [0.3, 0.4) is 0 Å². The number of furan rings is 1. The number of nitrogens with zero attached hydrogens (tertiary/aromatic N) is 2. The molecule has 3 aromatic rings. The lowest BCUT2D eigenvalue weighted by molar-refractivity contribution is -0.113. The molecule has 1 amide bonds. The first-order chi connectivity index (χ1) is 11.7. The molecule has 0 fully saturated rings. The van der Waals surface area contributed by atoms with Gasteiger partial charge in [-0.25, -0.2) is 4.39 Å². The maximum Gasteiger partial charge on any atom is 0.234 e. The fourth-order valence-corrected chi connectivity index (χ4v) is 3.35. The molecule has 2 aromatic heterocycles. The molecule has 9 heteroatoms. The predicted octanol–water partition coefficient (Wildman–Crippen LogP) is 3.61. The van der Waals surface area contributed by atoms with E-state index in [4.69, 9.17) is 4.42 Å². The summed E-state index contributed by atoms with van der Waals surface area (Å²) in [4.78, 5) is 11.9. The Kier molecular flexibility index (Phi) is 5.44. The second-order valence-electron chi connectivity index (χ2n) is 4.65. The maximum absolute atomic E-state index is 13.1. The number of hydrogen-bond acceptors (Lipinski definition) is 7. The van der Waals surface area contributed by atoms with Crippen LogP contribution in [0, 0.1) is 5.82 Å². The van der Waals surface area contributed by atoms with Crippen LogP contribution in [-0.4, -0.2) is 21.9 Å². The van der Waals surface area contributed by atoms with Crippen LogP contribution in [-0.2, 0) is 11.3 Å². The highest BCUT2D eigenvalue weighted by Crippen LogP contribution is 2.26. The molecule has 2 N–H and O–H groups in total. The molecule has 124 valence electrons. The Morgan fingerprint density at radius 2 is 2.21 bits per heavy atom. The molecule has 3 rings (SSSR count). The van der Waals surface area contributed by atoms with Crippen molar-refractivity contribution in [3.63, 3.8) is 0 Å². The highest BCUT2D eigenvalue weighted by atomic mass is 32.2. The Labute approximate surface area is 145 Å². The van der Waals surface area contributed by atoms with E-state index in [0.717, 1.165) is 5.76 Å². The summed E-state index contributed by atoms with van der Waals surface area (Å²) in [6.07, 6.45) is 1.61. The molecule has 0 atom stereocenters. The third-order valence-corrected chi connectivity index (χ3v) is 4.85. The lowest BCUT2D eigenvalue weighted by Crippen LogP contribution is -2.13. The van der Waals surface area contributed by atoms with Gasteiger partial charge in [0.1, 0.15) is 11.6 Å². The smallest absolute Gasteiger partial charge is 0.234 e. The third-order valence-electron chi connectivity index (χ3n) is 2.84. The highest BCUT2D eigenvalue weighted by molar-refractivity contribution is 8.01. The van der Waals surface area contributed by atoms with Crippen molar-refractivity contribution in [2.75, 3.05) is 16.4 Å². The van der Waals surface area contributed by atoms with Gasteiger partial charge in [-0.1, -0.05) is 29.2 Å². The summed E-state index contributed by atoms with van der Waals surface area (Å²) in [5.74, 6) is 0.347. The summed E-state index contributed by atoms with van der Waals surface area (Å²) < 4.78 is 18.9. The number of amides is 1. The van der Waals surface area contributed by atoms with E-state index in [1.54, 1.807) is 18.4 Å². The summed E-state index contributed by atoms with van der Waals surface area (Å²) in [5, 5.41) is 14.4. The lowest BCUT2D eigenvalue weighted by atomic mass is 10.3. The van der Waals surface area contributed by atoms with E-state index in [-0.39, 0.29) is 11.7 Å². The molecule has 0 saturated carbocycles. The number of benzene rings is 1. The van der Waals surface area contributed by atoms with E-state index in [1.165, 1.54) is 35.2 Å². The molecule has 0 radical (unpaired) electrons. The summed E-state index contributed by atoms with van der Waals surface area (Å²) in [6, 6.07) is 9.44. The van der Waals surface area contributed by atoms with Crippen molar-refractivity contribution in [2.45, 2.75) is 10.9 Å². The average Bonchev–Trinajstić information content (AvgIpc) is 3.23. The standard InChI is InChI=1S/C15H13FN4O2S2/c16-10-3-1-4-11(7-10)18-13(21)9-23-15-20-19-14(24-15)17-8-12-5-2-6-22-12/h1-7H,8-9H2,(H,17,19)(H,18,21). The van der Waals surface area contributed by atoms with Gasteiger partial charge in [0.15, 0.2) is 4.34 Å². The average molecular weight is 364 g/mol. The van der Waals surface area contributed by atoms with Gasteiger partial charge in [-0.2, -0.15) is 0 Å². The van der Waals surface area contributed by atoms with E-state index >= 15 is 0 Å². The van der Waals surface area contributed by atoms with E-state index in [9.17, 15) is 9.18 Å². The van der Waals surface area contributed by atoms with Crippen LogP contribution in [0.2, 0.25) is 0 Å². The number of nitrogens with one attached hydrogen (secondary N) is 2. The Balaban J connectivity index is 1.45. The van der Waals surface area contributed by atoms with Crippen LogP contribution in [0.1, 0.15) is 5.76 Å².